The van der Waals surface area contributed by atoms with Crippen molar-refractivity contribution in [3.05, 3.63) is 22.2 Å². The molecule has 25 heavy (non-hydrogen) atoms. The second-order valence-corrected chi connectivity index (χ2v) is 5.49. The molecule has 0 radical (unpaired) electrons. The van der Waals surface area contributed by atoms with Gasteiger partial charge in [0.1, 0.15) is 6.04 Å². The van der Waals surface area contributed by atoms with Crippen LogP contribution in [0.3, 0.4) is 0 Å². The first-order valence-corrected chi connectivity index (χ1v) is 7.31. The van der Waals surface area contributed by atoms with Gasteiger partial charge in [-0.3, -0.25) is 10.1 Å². The highest BCUT2D eigenvalue weighted by molar-refractivity contribution is 5.81. The van der Waals surface area contributed by atoms with E-state index in [1.165, 1.54) is 14.2 Å². The number of carboxylic acids is 1. The molecule has 1 rings (SSSR count). The van der Waals surface area contributed by atoms with Crippen molar-refractivity contribution in [3.8, 4) is 17.2 Å². The summed E-state index contributed by atoms with van der Waals surface area (Å²) >= 11 is 0. The molecule has 0 aliphatic heterocycles. The number of hydrogen-bond acceptors (Lipinski definition) is 7. The molecule has 0 spiro atoms. The fraction of sp³-hybridized carbons (Fsp3) is 0.467. The Bertz CT molecular complexity index is 659. The molecule has 0 aromatic heterocycles. The highest BCUT2D eigenvalue weighted by atomic mass is 16.6. The van der Waals surface area contributed by atoms with Crippen molar-refractivity contribution in [2.75, 3.05) is 14.2 Å². The van der Waals surface area contributed by atoms with Gasteiger partial charge in [0.2, 0.25) is 5.75 Å². The van der Waals surface area contributed by atoms with Crippen LogP contribution in [0.2, 0.25) is 0 Å². The molecule has 2 N–H and O–H groups in total. The van der Waals surface area contributed by atoms with Gasteiger partial charge in [0, 0.05) is 6.07 Å². The second kappa shape index (κ2) is 8.71. The van der Waals surface area contributed by atoms with Gasteiger partial charge in [-0.15, -0.1) is 0 Å². The summed E-state index contributed by atoms with van der Waals surface area (Å²) < 4.78 is 14.9. The van der Waals surface area contributed by atoms with Crippen LogP contribution in [0.4, 0.5) is 10.5 Å². The zero-order chi connectivity index (χ0) is 19.1. The van der Waals surface area contributed by atoms with Gasteiger partial charge in [-0.1, -0.05) is 13.8 Å². The molecule has 1 amide bonds. The molecule has 1 aromatic carbocycles. The maximum absolute atomic E-state index is 11.9. The number of carbonyl (C=O) groups excluding carboxylic acids is 1. The number of ether oxygens (including phenoxy) is 3. The van der Waals surface area contributed by atoms with E-state index < -0.39 is 34.5 Å². The highest BCUT2D eigenvalue weighted by Crippen LogP contribution is 2.39. The number of nitro groups is 1. The molecule has 0 aliphatic rings. The van der Waals surface area contributed by atoms with Gasteiger partial charge in [-0.2, -0.15) is 0 Å². The Morgan fingerprint density at radius 3 is 2.20 bits per heavy atom. The zero-order valence-corrected chi connectivity index (χ0v) is 14.3. The van der Waals surface area contributed by atoms with Crippen molar-refractivity contribution >= 4 is 17.7 Å². The molecular formula is C15H20N2O8. The topological polar surface area (TPSA) is 137 Å². The molecular weight excluding hydrogens is 336 g/mol. The van der Waals surface area contributed by atoms with Crippen molar-refractivity contribution in [1.82, 2.24) is 5.32 Å². The van der Waals surface area contributed by atoms with Crippen LogP contribution >= 0.6 is 0 Å². The lowest BCUT2D eigenvalue weighted by molar-refractivity contribution is -0.385. The number of nitro benzene ring substituents is 1. The predicted molar refractivity (Wildman–Crippen MR) is 86.2 cm³/mol. The van der Waals surface area contributed by atoms with E-state index in [9.17, 15) is 19.7 Å². The second-order valence-electron chi connectivity index (χ2n) is 5.49. The predicted octanol–water partition coefficient (Wildman–Crippen LogP) is 2.20. The average molecular weight is 356 g/mol. The summed E-state index contributed by atoms with van der Waals surface area (Å²) in [7, 11) is 2.62. The van der Waals surface area contributed by atoms with Crippen LogP contribution in [0.25, 0.3) is 0 Å². The molecule has 0 saturated carbocycles. The standard InChI is InChI=1S/C15H20N2O8/c1-8(2)5-9(14(18)19)16-15(20)25-11-7-13(24-4)12(23-3)6-10(11)17(21)22/h6-9H,5H2,1-4H3,(H,16,20)(H,18,19)/t9-/m0/s1. The lowest BCUT2D eigenvalue weighted by atomic mass is 10.0. The molecule has 10 nitrogen and oxygen atoms in total. The third-order valence-electron chi connectivity index (χ3n) is 3.16. The monoisotopic (exact) mass is 356 g/mol. The van der Waals surface area contributed by atoms with Crippen LogP contribution in [0, 0.1) is 16.0 Å². The fourth-order valence-corrected chi connectivity index (χ4v) is 2.04. The minimum Gasteiger partial charge on any atom is -0.493 e. The van der Waals surface area contributed by atoms with Crippen LogP contribution in [-0.4, -0.2) is 42.4 Å². The summed E-state index contributed by atoms with van der Waals surface area (Å²) in [5.41, 5.74) is -0.525. The van der Waals surface area contributed by atoms with Crippen LogP contribution in [0.15, 0.2) is 12.1 Å². The van der Waals surface area contributed by atoms with Gasteiger partial charge >= 0.3 is 17.7 Å². The minimum atomic E-state index is -1.23. The number of nitrogens with one attached hydrogen (secondary N) is 1. The average Bonchev–Trinajstić information content (AvgIpc) is 2.52. The number of rotatable bonds is 8. The molecule has 138 valence electrons. The van der Waals surface area contributed by atoms with E-state index in [2.05, 4.69) is 5.32 Å². The van der Waals surface area contributed by atoms with Gasteiger partial charge in [0.25, 0.3) is 0 Å². The van der Waals surface area contributed by atoms with Crippen LogP contribution in [0.1, 0.15) is 20.3 Å². The Hall–Kier alpha value is -3.04. The van der Waals surface area contributed by atoms with Crippen molar-refractivity contribution in [1.29, 1.82) is 0 Å². The molecule has 10 heteroatoms. The highest BCUT2D eigenvalue weighted by Gasteiger charge is 2.26. The Kier molecular flexibility index (Phi) is 6.97. The molecule has 0 bridgehead atoms. The quantitative estimate of drug-likeness (QED) is 0.534. The van der Waals surface area contributed by atoms with Gasteiger partial charge in [-0.25, -0.2) is 9.59 Å². The van der Waals surface area contributed by atoms with E-state index in [-0.39, 0.29) is 23.8 Å². The number of amides is 1. The first-order valence-electron chi connectivity index (χ1n) is 7.31. The number of aliphatic carboxylic acids is 1. The number of methoxy groups -OCH3 is 2. The smallest absolute Gasteiger partial charge is 0.413 e. The normalized spacial score (nSPS) is 11.6. The first-order chi connectivity index (χ1) is 11.7. The fourth-order valence-electron chi connectivity index (χ4n) is 2.04. The summed E-state index contributed by atoms with van der Waals surface area (Å²) in [6.45, 7) is 3.59. The Morgan fingerprint density at radius 2 is 1.76 bits per heavy atom. The summed E-state index contributed by atoms with van der Waals surface area (Å²) in [4.78, 5) is 33.5. The maximum atomic E-state index is 11.9. The van der Waals surface area contributed by atoms with E-state index in [0.29, 0.717) is 0 Å². The van der Waals surface area contributed by atoms with Gasteiger partial charge in [0.05, 0.1) is 25.2 Å². The Morgan fingerprint density at radius 1 is 1.20 bits per heavy atom. The van der Waals surface area contributed by atoms with Crippen molar-refractivity contribution in [2.45, 2.75) is 26.3 Å². The lowest BCUT2D eigenvalue weighted by Gasteiger charge is -2.16. The summed E-state index contributed by atoms with van der Waals surface area (Å²) in [5.74, 6) is -1.41. The van der Waals surface area contributed by atoms with Crippen molar-refractivity contribution in [2.24, 2.45) is 5.92 Å². The zero-order valence-electron chi connectivity index (χ0n) is 14.3. The molecule has 0 saturated heterocycles. The SMILES string of the molecule is COc1cc(OC(=O)N[C@@H](CC(C)C)C(=O)O)c([N+](=O)[O-])cc1OC. The largest absolute Gasteiger partial charge is 0.493 e. The summed E-state index contributed by atoms with van der Waals surface area (Å²) in [5, 5.41) is 22.4. The number of carbonyl (C=O) groups is 2. The van der Waals surface area contributed by atoms with Crippen molar-refractivity contribution in [3.63, 3.8) is 0 Å². The lowest BCUT2D eigenvalue weighted by Crippen LogP contribution is -2.43. The molecule has 1 atom stereocenters. The molecule has 0 heterocycles. The molecule has 1 aromatic rings. The number of nitrogens with zero attached hydrogens (tertiary/aromatic N) is 1. The Labute approximate surface area is 143 Å². The van der Waals surface area contributed by atoms with E-state index in [1.807, 2.05) is 0 Å². The van der Waals surface area contributed by atoms with Gasteiger partial charge in [-0.05, 0) is 12.3 Å². The third kappa shape index (κ3) is 5.52. The first kappa shape index (κ1) is 20.0. The summed E-state index contributed by atoms with van der Waals surface area (Å²) in [6, 6.07) is 0.991. The van der Waals surface area contributed by atoms with E-state index in [0.717, 1.165) is 12.1 Å². The van der Waals surface area contributed by atoms with E-state index in [4.69, 9.17) is 19.3 Å². The Balaban J connectivity index is 3.05. The number of hydrogen-bond donors (Lipinski definition) is 2. The summed E-state index contributed by atoms with van der Waals surface area (Å²) in [6.07, 6.45) is -0.943. The minimum absolute atomic E-state index is 0.0109. The van der Waals surface area contributed by atoms with E-state index in [1.54, 1.807) is 13.8 Å². The number of benzene rings is 1. The van der Waals surface area contributed by atoms with Crippen LogP contribution in [-0.2, 0) is 4.79 Å². The van der Waals surface area contributed by atoms with Crippen LogP contribution in [0.5, 0.6) is 17.2 Å². The third-order valence-corrected chi connectivity index (χ3v) is 3.16. The number of carboxylic acid groups (broad SMARTS) is 1. The van der Waals surface area contributed by atoms with Gasteiger partial charge in [0.15, 0.2) is 11.5 Å². The van der Waals surface area contributed by atoms with Crippen LogP contribution < -0.4 is 19.5 Å². The maximum Gasteiger partial charge on any atom is 0.413 e. The molecule has 0 aliphatic carbocycles. The van der Waals surface area contributed by atoms with E-state index >= 15 is 0 Å². The molecule has 0 unspecified atom stereocenters. The van der Waals surface area contributed by atoms with Gasteiger partial charge < -0.3 is 24.6 Å². The van der Waals surface area contributed by atoms with Crippen molar-refractivity contribution < 1.29 is 33.8 Å². The molecule has 0 fully saturated rings.